The van der Waals surface area contributed by atoms with E-state index in [1.807, 2.05) is 20.8 Å². The molecule has 2 unspecified atom stereocenters. The summed E-state index contributed by atoms with van der Waals surface area (Å²) < 4.78 is 19.5. The van der Waals surface area contributed by atoms with Gasteiger partial charge in [0.25, 0.3) is 0 Å². The number of amides is 1. The average Bonchev–Trinajstić information content (AvgIpc) is 2.14. The van der Waals surface area contributed by atoms with E-state index >= 15 is 0 Å². The molecule has 0 N–H and O–H groups in total. The molecule has 1 rings (SSSR count). The second kappa shape index (κ2) is 5.51. The zero-order valence-electron chi connectivity index (χ0n) is 10.0. The summed E-state index contributed by atoms with van der Waals surface area (Å²) in [5.74, 6) is 0.247. The SMILES string of the molecule is CC(C)(C)OC(=O)N1CC(F)CC(CI)C1. The Labute approximate surface area is 110 Å². The number of halogens is 2. The molecule has 0 aromatic heterocycles. The van der Waals surface area contributed by atoms with Crippen LogP contribution in [-0.2, 0) is 4.74 Å². The third-order valence-electron chi connectivity index (χ3n) is 2.36. The molecule has 0 aliphatic carbocycles. The molecule has 1 fully saturated rings. The molecule has 1 aliphatic heterocycles. The fourth-order valence-corrected chi connectivity index (χ4v) is 2.36. The number of alkyl halides is 2. The summed E-state index contributed by atoms with van der Waals surface area (Å²) in [5, 5.41) is 0. The van der Waals surface area contributed by atoms with Crippen LogP contribution in [0.15, 0.2) is 0 Å². The lowest BCUT2D eigenvalue weighted by atomic mass is 9.99. The highest BCUT2D eigenvalue weighted by atomic mass is 127. The van der Waals surface area contributed by atoms with Crippen LogP contribution in [0.3, 0.4) is 0 Å². The van der Waals surface area contributed by atoms with Crippen molar-refractivity contribution < 1.29 is 13.9 Å². The molecule has 5 heteroatoms. The Morgan fingerprint density at radius 2 is 2.12 bits per heavy atom. The Kier molecular flexibility index (Phi) is 4.82. The number of hydrogen-bond acceptors (Lipinski definition) is 2. The fourth-order valence-electron chi connectivity index (χ4n) is 1.72. The second-order valence-electron chi connectivity index (χ2n) is 5.24. The molecule has 0 spiro atoms. The summed E-state index contributed by atoms with van der Waals surface area (Å²) in [5.41, 5.74) is -0.514. The molecule has 16 heavy (non-hydrogen) atoms. The maximum absolute atomic E-state index is 13.4. The van der Waals surface area contributed by atoms with E-state index in [9.17, 15) is 9.18 Å². The Morgan fingerprint density at radius 3 is 2.62 bits per heavy atom. The third-order valence-corrected chi connectivity index (χ3v) is 3.60. The van der Waals surface area contributed by atoms with Gasteiger partial charge in [0.05, 0.1) is 6.54 Å². The fraction of sp³-hybridized carbons (Fsp3) is 0.909. The quantitative estimate of drug-likeness (QED) is 0.541. The molecule has 1 amide bonds. The smallest absolute Gasteiger partial charge is 0.410 e. The molecule has 94 valence electrons. The van der Waals surface area contributed by atoms with E-state index in [-0.39, 0.29) is 12.5 Å². The summed E-state index contributed by atoms with van der Waals surface area (Å²) in [6, 6.07) is 0. The first-order valence-electron chi connectivity index (χ1n) is 5.50. The van der Waals surface area contributed by atoms with Crippen molar-refractivity contribution in [3.63, 3.8) is 0 Å². The molecule has 0 aromatic rings. The number of likely N-dealkylation sites (tertiary alicyclic amines) is 1. The van der Waals surface area contributed by atoms with Crippen molar-refractivity contribution in [3.05, 3.63) is 0 Å². The normalized spacial score (nSPS) is 26.7. The number of carbonyl (C=O) groups excluding carboxylic acids is 1. The van der Waals surface area contributed by atoms with E-state index in [2.05, 4.69) is 22.6 Å². The maximum atomic E-state index is 13.4. The predicted octanol–water partition coefficient (Wildman–Crippen LogP) is 3.02. The molecule has 1 saturated heterocycles. The molecular formula is C11H19FINO2. The Balaban J connectivity index is 2.55. The summed E-state index contributed by atoms with van der Waals surface area (Å²) in [6.07, 6.45) is -0.756. The molecule has 0 radical (unpaired) electrons. The largest absolute Gasteiger partial charge is 0.444 e. The van der Waals surface area contributed by atoms with Crippen molar-refractivity contribution in [2.24, 2.45) is 5.92 Å². The van der Waals surface area contributed by atoms with Crippen molar-refractivity contribution in [1.82, 2.24) is 4.90 Å². The van der Waals surface area contributed by atoms with Crippen LogP contribution in [-0.4, -0.2) is 40.3 Å². The minimum absolute atomic E-state index is 0.169. The van der Waals surface area contributed by atoms with Crippen molar-refractivity contribution in [2.45, 2.75) is 39.0 Å². The predicted molar refractivity (Wildman–Crippen MR) is 69.7 cm³/mol. The highest BCUT2D eigenvalue weighted by Crippen LogP contribution is 2.22. The van der Waals surface area contributed by atoms with Gasteiger partial charge >= 0.3 is 6.09 Å². The van der Waals surface area contributed by atoms with Gasteiger partial charge in [-0.15, -0.1) is 0 Å². The van der Waals surface area contributed by atoms with E-state index < -0.39 is 17.9 Å². The zero-order chi connectivity index (χ0) is 12.3. The van der Waals surface area contributed by atoms with Crippen LogP contribution in [0.1, 0.15) is 27.2 Å². The lowest BCUT2D eigenvalue weighted by Crippen LogP contribution is -2.47. The van der Waals surface area contributed by atoms with Gasteiger partial charge in [-0.25, -0.2) is 9.18 Å². The molecule has 1 heterocycles. The summed E-state index contributed by atoms with van der Waals surface area (Å²) >= 11 is 2.23. The Morgan fingerprint density at radius 1 is 1.50 bits per heavy atom. The minimum atomic E-state index is -0.916. The van der Waals surface area contributed by atoms with Gasteiger partial charge in [0, 0.05) is 11.0 Å². The van der Waals surface area contributed by atoms with Gasteiger partial charge in [0.2, 0.25) is 0 Å². The van der Waals surface area contributed by atoms with Gasteiger partial charge in [-0.05, 0) is 33.1 Å². The van der Waals surface area contributed by atoms with E-state index in [0.29, 0.717) is 13.0 Å². The molecule has 0 aromatic carbocycles. The molecular weight excluding hydrogens is 324 g/mol. The van der Waals surface area contributed by atoms with Crippen molar-refractivity contribution in [2.75, 3.05) is 17.5 Å². The summed E-state index contributed by atoms with van der Waals surface area (Å²) in [4.78, 5) is 13.2. The molecule has 3 nitrogen and oxygen atoms in total. The average molecular weight is 343 g/mol. The molecule has 1 aliphatic rings. The van der Waals surface area contributed by atoms with Gasteiger partial charge in [-0.1, -0.05) is 22.6 Å². The van der Waals surface area contributed by atoms with Crippen LogP contribution in [0.4, 0.5) is 9.18 Å². The van der Waals surface area contributed by atoms with Crippen LogP contribution in [0.2, 0.25) is 0 Å². The number of rotatable bonds is 1. The highest BCUT2D eigenvalue weighted by Gasteiger charge is 2.31. The standard InChI is InChI=1S/C11H19FINO2/c1-11(2,3)16-10(15)14-6-8(5-13)4-9(12)7-14/h8-9H,4-7H2,1-3H3. The number of hydrogen-bond donors (Lipinski definition) is 0. The topological polar surface area (TPSA) is 29.5 Å². The number of carbonyl (C=O) groups is 1. The number of nitrogens with zero attached hydrogens (tertiary/aromatic N) is 1. The van der Waals surface area contributed by atoms with Crippen LogP contribution in [0.5, 0.6) is 0 Å². The molecule has 0 bridgehead atoms. The van der Waals surface area contributed by atoms with E-state index in [0.717, 1.165) is 4.43 Å². The van der Waals surface area contributed by atoms with Crippen molar-refractivity contribution in [1.29, 1.82) is 0 Å². The lowest BCUT2D eigenvalue weighted by Gasteiger charge is -2.35. The van der Waals surface area contributed by atoms with Crippen LogP contribution < -0.4 is 0 Å². The van der Waals surface area contributed by atoms with Crippen molar-refractivity contribution in [3.8, 4) is 0 Å². The first kappa shape index (κ1) is 14.0. The van der Waals surface area contributed by atoms with Crippen LogP contribution >= 0.6 is 22.6 Å². The van der Waals surface area contributed by atoms with Crippen molar-refractivity contribution >= 4 is 28.7 Å². The summed E-state index contributed by atoms with van der Waals surface area (Å²) in [6.45, 7) is 6.23. The first-order valence-corrected chi connectivity index (χ1v) is 7.02. The van der Waals surface area contributed by atoms with E-state index in [1.54, 1.807) is 0 Å². The molecule has 0 saturated carbocycles. The minimum Gasteiger partial charge on any atom is -0.444 e. The van der Waals surface area contributed by atoms with Crippen LogP contribution in [0, 0.1) is 5.92 Å². The maximum Gasteiger partial charge on any atom is 0.410 e. The van der Waals surface area contributed by atoms with Gasteiger partial charge < -0.3 is 9.64 Å². The number of ether oxygens (including phenoxy) is 1. The Hall–Kier alpha value is -0.0700. The van der Waals surface area contributed by atoms with Gasteiger partial charge in [0.15, 0.2) is 0 Å². The lowest BCUT2D eigenvalue weighted by molar-refractivity contribution is 0.00790. The van der Waals surface area contributed by atoms with Gasteiger partial charge in [-0.2, -0.15) is 0 Å². The Bertz CT molecular complexity index is 255. The summed E-state index contributed by atoms with van der Waals surface area (Å²) in [7, 11) is 0. The van der Waals surface area contributed by atoms with E-state index in [4.69, 9.17) is 4.74 Å². The van der Waals surface area contributed by atoms with Crippen LogP contribution in [0.25, 0.3) is 0 Å². The third kappa shape index (κ3) is 4.43. The first-order chi connectivity index (χ1) is 7.31. The second-order valence-corrected chi connectivity index (χ2v) is 6.12. The monoisotopic (exact) mass is 343 g/mol. The zero-order valence-corrected chi connectivity index (χ0v) is 12.2. The molecule has 2 atom stereocenters. The highest BCUT2D eigenvalue weighted by molar-refractivity contribution is 14.1. The van der Waals surface area contributed by atoms with Gasteiger partial charge in [-0.3, -0.25) is 0 Å². The van der Waals surface area contributed by atoms with E-state index in [1.165, 1.54) is 4.90 Å². The van der Waals surface area contributed by atoms with Gasteiger partial charge in [0.1, 0.15) is 11.8 Å². The number of piperidine rings is 1.